The first-order valence-electron chi connectivity index (χ1n) is 17.8. The lowest BCUT2D eigenvalue weighted by molar-refractivity contribution is 0.186. The van der Waals surface area contributed by atoms with Gasteiger partial charge in [0.2, 0.25) is 0 Å². The van der Waals surface area contributed by atoms with Crippen LogP contribution in [-0.2, 0) is 12.8 Å². The van der Waals surface area contributed by atoms with Crippen molar-refractivity contribution in [2.24, 2.45) is 0 Å². The molecule has 0 unspecified atom stereocenters. The van der Waals surface area contributed by atoms with Crippen LogP contribution in [0.4, 0.5) is 0 Å². The predicted octanol–water partition coefficient (Wildman–Crippen LogP) is 15.5. The Morgan fingerprint density at radius 2 is 0.608 bits per heavy atom. The Morgan fingerprint density at radius 1 is 0.373 bits per heavy atom. The minimum atomic E-state index is -0.125. The van der Waals surface area contributed by atoms with Gasteiger partial charge >= 0.3 is 0 Å². The van der Waals surface area contributed by atoms with E-state index < -0.39 is 0 Å². The van der Waals surface area contributed by atoms with E-state index in [1.165, 1.54) is 88.2 Å². The second kappa shape index (κ2) is 85.5. The van der Waals surface area contributed by atoms with Crippen molar-refractivity contribution in [1.82, 2.24) is 0 Å². The van der Waals surface area contributed by atoms with Crippen molar-refractivity contribution in [2.45, 2.75) is 104 Å². The molecule has 0 aliphatic carbocycles. The third kappa shape index (κ3) is 58.4. The van der Waals surface area contributed by atoms with E-state index in [1.54, 1.807) is 0 Å². The highest BCUT2D eigenvalue weighted by atomic mass is 16.5. The summed E-state index contributed by atoms with van der Waals surface area (Å²) in [4.78, 5) is 0. The van der Waals surface area contributed by atoms with Gasteiger partial charge in [0.15, 0.2) is 0 Å². The van der Waals surface area contributed by atoms with E-state index in [-0.39, 0.29) is 13.2 Å². The Hall–Kier alpha value is -4.18. The number of hydrogen-bond donors (Lipinski definition) is 2. The number of aryl methyl sites for hydroxylation is 2. The smallest absolute Gasteiger partial charge is 0.130 e. The van der Waals surface area contributed by atoms with E-state index >= 15 is 0 Å². The number of hydrogen-bond acceptors (Lipinski definition) is 3. The molecule has 2 N–H and O–H groups in total. The Balaban J connectivity index is -0.0000000967. The minimum Gasteiger partial charge on any atom is -0.457 e. The molecule has 51 heavy (non-hydrogen) atoms. The quantitative estimate of drug-likeness (QED) is 0.127. The van der Waals surface area contributed by atoms with E-state index in [2.05, 4.69) is 181 Å². The first kappa shape index (κ1) is 68.7. The zero-order valence-corrected chi connectivity index (χ0v) is 34.0. The van der Waals surface area contributed by atoms with Crippen molar-refractivity contribution in [3.63, 3.8) is 0 Å². The average molecular weight is 709 g/mol. The summed E-state index contributed by atoms with van der Waals surface area (Å²) in [6.45, 7) is 58.3. The number of aliphatic hydroxyl groups is 2. The second-order valence-electron chi connectivity index (χ2n) is 8.80. The van der Waals surface area contributed by atoms with Crippen LogP contribution in [0.25, 0.3) is 0 Å². The van der Waals surface area contributed by atoms with Crippen LogP contribution in [0, 0.1) is 0 Å². The molecule has 0 aromatic heterocycles. The van der Waals surface area contributed by atoms with Gasteiger partial charge in [-0.05, 0) is 48.9 Å². The molecule has 294 valence electrons. The predicted molar refractivity (Wildman–Crippen MR) is 243 cm³/mol. The molecule has 2 aromatic carbocycles. The van der Waals surface area contributed by atoms with Crippen LogP contribution in [0.2, 0.25) is 0 Å². The summed E-state index contributed by atoms with van der Waals surface area (Å²) in [6.07, 6.45) is 18.2. The SMILES string of the molecule is C=C.C=C.C=C.C=C.C=C.C=C.C=C.C=C.C=C.CCCCCCCCc1ccccc1Oc1ccccc1CCCCCCCC.OCCO. The standard InChI is InChI=1S/C28H42O.C2H6O2.9C2H4/c1-3-5-7-9-11-13-19-25-21-15-17-23-27(25)29-28-24-18-16-22-26(28)20-14-12-10-8-6-4-2;3-1-2-4;9*1-2/h15-18,21-24H,3-14,19-20H2,1-2H3;3-4H,1-2H2;9*1-2H2. The summed E-state index contributed by atoms with van der Waals surface area (Å²) in [5, 5.41) is 15.2. The number of unbranched alkanes of at least 4 members (excludes halogenated alkanes) is 10. The highest BCUT2D eigenvalue weighted by Gasteiger charge is 2.08. The van der Waals surface area contributed by atoms with E-state index in [0.29, 0.717) is 0 Å². The van der Waals surface area contributed by atoms with E-state index in [0.717, 1.165) is 24.3 Å². The summed E-state index contributed by atoms with van der Waals surface area (Å²) in [7, 11) is 0. The van der Waals surface area contributed by atoms with Crippen LogP contribution in [-0.4, -0.2) is 23.4 Å². The first-order valence-corrected chi connectivity index (χ1v) is 17.8. The highest BCUT2D eigenvalue weighted by molar-refractivity contribution is 5.41. The second-order valence-corrected chi connectivity index (χ2v) is 8.80. The Labute approximate surface area is 320 Å². The van der Waals surface area contributed by atoms with Gasteiger partial charge in [0, 0.05) is 0 Å². The van der Waals surface area contributed by atoms with Crippen LogP contribution < -0.4 is 4.74 Å². The van der Waals surface area contributed by atoms with Crippen LogP contribution in [0.3, 0.4) is 0 Å². The molecule has 0 atom stereocenters. The summed E-state index contributed by atoms with van der Waals surface area (Å²) in [5.74, 6) is 2.08. The van der Waals surface area contributed by atoms with Crippen LogP contribution in [0.1, 0.15) is 102 Å². The molecule has 0 aliphatic heterocycles. The van der Waals surface area contributed by atoms with Gasteiger partial charge < -0.3 is 14.9 Å². The Morgan fingerprint density at radius 3 is 0.863 bits per heavy atom. The van der Waals surface area contributed by atoms with E-state index in [4.69, 9.17) is 14.9 Å². The average Bonchev–Trinajstić information content (AvgIpc) is 3.25. The third-order valence-electron chi connectivity index (χ3n) is 5.86. The Bertz CT molecular complexity index is 747. The van der Waals surface area contributed by atoms with Crippen molar-refractivity contribution >= 4 is 0 Å². The zero-order chi connectivity index (χ0) is 42.0. The van der Waals surface area contributed by atoms with Gasteiger partial charge in [-0.1, -0.05) is 114 Å². The van der Waals surface area contributed by atoms with Crippen molar-refractivity contribution < 1.29 is 14.9 Å². The fourth-order valence-corrected chi connectivity index (χ4v) is 3.93. The molecule has 3 heteroatoms. The Kier molecular flexibility index (Phi) is 115. The maximum atomic E-state index is 7.62. The summed E-state index contributed by atoms with van der Waals surface area (Å²) < 4.78 is 6.43. The normalized spacial score (nSPS) is 7.53. The molecular weight excluding hydrogens is 625 g/mol. The van der Waals surface area contributed by atoms with Gasteiger partial charge in [-0.3, -0.25) is 0 Å². The molecule has 0 saturated heterocycles. The molecule has 0 heterocycles. The topological polar surface area (TPSA) is 49.7 Å². The zero-order valence-electron chi connectivity index (χ0n) is 34.0. The molecule has 0 amide bonds. The van der Waals surface area contributed by atoms with Crippen molar-refractivity contribution in [1.29, 1.82) is 0 Å². The largest absolute Gasteiger partial charge is 0.457 e. The van der Waals surface area contributed by atoms with Crippen LogP contribution >= 0.6 is 0 Å². The number of rotatable bonds is 17. The molecule has 0 radical (unpaired) electrons. The van der Waals surface area contributed by atoms with Gasteiger partial charge in [-0.2, -0.15) is 0 Å². The van der Waals surface area contributed by atoms with Gasteiger partial charge in [-0.15, -0.1) is 118 Å². The fraction of sp³-hybridized carbons (Fsp3) is 0.375. The van der Waals surface area contributed by atoms with Crippen molar-refractivity contribution in [3.05, 3.63) is 178 Å². The molecule has 0 aliphatic rings. The lowest BCUT2D eigenvalue weighted by atomic mass is 10.0. The molecule has 0 fully saturated rings. The highest BCUT2D eigenvalue weighted by Crippen LogP contribution is 2.30. The van der Waals surface area contributed by atoms with Crippen molar-refractivity contribution in [2.75, 3.05) is 13.2 Å². The fourth-order valence-electron chi connectivity index (χ4n) is 3.93. The number of para-hydroxylation sites is 2. The molecule has 0 bridgehead atoms. The molecule has 2 rings (SSSR count). The third-order valence-corrected chi connectivity index (χ3v) is 5.86. The molecule has 0 saturated carbocycles. The van der Waals surface area contributed by atoms with Crippen molar-refractivity contribution in [3.8, 4) is 11.5 Å². The maximum Gasteiger partial charge on any atom is 0.130 e. The van der Waals surface area contributed by atoms with Gasteiger partial charge in [0.1, 0.15) is 11.5 Å². The first-order chi connectivity index (χ1) is 25.3. The lowest BCUT2D eigenvalue weighted by Crippen LogP contribution is -1.96. The lowest BCUT2D eigenvalue weighted by Gasteiger charge is -2.14. The molecule has 2 aromatic rings. The van der Waals surface area contributed by atoms with E-state index in [9.17, 15) is 0 Å². The molecular formula is C48H84O3. The van der Waals surface area contributed by atoms with Gasteiger partial charge in [0.25, 0.3) is 0 Å². The molecule has 0 spiro atoms. The summed E-state index contributed by atoms with van der Waals surface area (Å²) in [6, 6.07) is 17.2. The van der Waals surface area contributed by atoms with Crippen LogP contribution in [0.15, 0.2) is 167 Å². The summed E-state index contributed by atoms with van der Waals surface area (Å²) >= 11 is 0. The van der Waals surface area contributed by atoms with Crippen LogP contribution in [0.5, 0.6) is 11.5 Å². The number of ether oxygens (including phenoxy) is 1. The monoisotopic (exact) mass is 709 g/mol. The molecule has 3 nitrogen and oxygen atoms in total. The van der Waals surface area contributed by atoms with Gasteiger partial charge in [0.05, 0.1) is 13.2 Å². The maximum absolute atomic E-state index is 7.62. The summed E-state index contributed by atoms with van der Waals surface area (Å²) in [5.41, 5.74) is 2.69. The number of aliphatic hydroxyl groups excluding tert-OH is 2. The van der Waals surface area contributed by atoms with E-state index in [1.807, 2.05) is 0 Å². The minimum absolute atomic E-state index is 0.125. The van der Waals surface area contributed by atoms with Gasteiger partial charge in [-0.25, -0.2) is 0 Å². The number of benzene rings is 2.